The highest BCUT2D eigenvalue weighted by atomic mass is 35.5. The van der Waals surface area contributed by atoms with Crippen molar-refractivity contribution in [1.82, 2.24) is 9.78 Å². The highest BCUT2D eigenvalue weighted by molar-refractivity contribution is 7.93. The summed E-state index contributed by atoms with van der Waals surface area (Å²) in [6.07, 6.45) is -6.56. The molecule has 1 aliphatic rings. The number of aromatic nitrogens is 2. The topological polar surface area (TPSA) is 148 Å². The fraction of sp³-hybridized carbons (Fsp3) is 0.522. The number of anilines is 2. The van der Waals surface area contributed by atoms with Crippen LogP contribution >= 0.6 is 11.6 Å². The number of ether oxygens (including phenoxy) is 1. The summed E-state index contributed by atoms with van der Waals surface area (Å²) < 4.78 is 77.2. The van der Waals surface area contributed by atoms with Crippen LogP contribution in [0.15, 0.2) is 29.3 Å². The molecule has 1 aliphatic heterocycles. The minimum absolute atomic E-state index is 0.000144. The molecule has 0 spiro atoms. The van der Waals surface area contributed by atoms with Crippen molar-refractivity contribution >= 4 is 45.0 Å². The smallest absolute Gasteiger partial charge is 0.412 e. The van der Waals surface area contributed by atoms with E-state index < -0.39 is 50.9 Å². The molecule has 1 atom stereocenters. The number of amides is 2. The molecule has 0 aliphatic carbocycles. The van der Waals surface area contributed by atoms with Crippen molar-refractivity contribution in [3.8, 4) is 5.75 Å². The molecular formula is C23H29ClF3N5O6S. The van der Waals surface area contributed by atoms with Gasteiger partial charge in [-0.2, -0.15) is 18.3 Å². The van der Waals surface area contributed by atoms with Crippen molar-refractivity contribution in [1.29, 1.82) is 0 Å². The molecule has 3 rings (SSSR count). The Morgan fingerprint density at radius 1 is 1.26 bits per heavy atom. The lowest BCUT2D eigenvalue weighted by Gasteiger charge is -2.40. The maximum atomic E-state index is 13.8. The largest absolute Gasteiger partial charge is 0.486 e. The van der Waals surface area contributed by atoms with E-state index in [1.807, 2.05) is 0 Å². The summed E-state index contributed by atoms with van der Waals surface area (Å²) in [4.78, 5) is 23.7. The summed E-state index contributed by atoms with van der Waals surface area (Å²) in [5.41, 5.74) is 0.851. The van der Waals surface area contributed by atoms with Crippen LogP contribution in [0.2, 0.25) is 5.15 Å². The van der Waals surface area contributed by atoms with Crippen molar-refractivity contribution in [3.63, 3.8) is 0 Å². The quantitative estimate of drug-likeness (QED) is 0.464. The zero-order chi connectivity index (χ0) is 29.7. The summed E-state index contributed by atoms with van der Waals surface area (Å²) in [5.74, 6) is -0.714. The zero-order valence-electron chi connectivity index (χ0n) is 21.8. The molecule has 11 nitrogen and oxygen atoms in total. The van der Waals surface area contributed by atoms with E-state index in [4.69, 9.17) is 22.1 Å². The number of rotatable bonds is 8. The van der Waals surface area contributed by atoms with Gasteiger partial charge in [0, 0.05) is 18.2 Å². The van der Waals surface area contributed by atoms with Crippen LogP contribution in [0.1, 0.15) is 41.0 Å². The van der Waals surface area contributed by atoms with Crippen LogP contribution in [0.3, 0.4) is 0 Å². The average Bonchev–Trinajstić information content (AvgIpc) is 3.18. The van der Waals surface area contributed by atoms with E-state index in [1.165, 1.54) is 16.9 Å². The average molecular weight is 596 g/mol. The maximum Gasteiger partial charge on any atom is 0.412 e. The van der Waals surface area contributed by atoms with Crippen molar-refractivity contribution in [2.24, 2.45) is 11.1 Å². The van der Waals surface area contributed by atoms with Gasteiger partial charge in [-0.1, -0.05) is 25.4 Å². The number of hydrogen-bond donors (Lipinski definition) is 2. The molecule has 2 aromatic rings. The third kappa shape index (κ3) is 5.60. The first kappa shape index (κ1) is 30.3. The lowest BCUT2D eigenvalue weighted by Crippen LogP contribution is -2.57. The van der Waals surface area contributed by atoms with Crippen LogP contribution in [-0.2, 0) is 21.4 Å². The molecule has 2 heterocycles. The Kier molecular flexibility index (Phi) is 7.84. The van der Waals surface area contributed by atoms with Crippen LogP contribution < -0.4 is 19.7 Å². The monoisotopic (exact) mass is 595 g/mol. The predicted molar refractivity (Wildman–Crippen MR) is 137 cm³/mol. The Balaban J connectivity index is 2.22. The van der Waals surface area contributed by atoms with Crippen LogP contribution in [0.5, 0.6) is 5.75 Å². The van der Waals surface area contributed by atoms with Gasteiger partial charge < -0.3 is 15.6 Å². The molecule has 39 heavy (non-hydrogen) atoms. The highest BCUT2D eigenvalue weighted by Crippen LogP contribution is 2.45. The van der Waals surface area contributed by atoms with Gasteiger partial charge in [-0.15, -0.1) is 0 Å². The van der Waals surface area contributed by atoms with Gasteiger partial charge in [-0.3, -0.25) is 18.7 Å². The second-order valence-electron chi connectivity index (χ2n) is 10.2. The van der Waals surface area contributed by atoms with E-state index in [1.54, 1.807) is 20.8 Å². The number of nitrogens with zero attached hydrogens (tertiary/aromatic N) is 4. The molecule has 216 valence electrons. The molecule has 1 aromatic heterocycles. The number of carbonyl (C=O) groups is 2. The Bertz CT molecular complexity index is 1390. The van der Waals surface area contributed by atoms with Crippen molar-refractivity contribution < 1.29 is 41.0 Å². The van der Waals surface area contributed by atoms with E-state index in [9.17, 15) is 36.3 Å². The first-order valence-electron chi connectivity index (χ1n) is 11.7. The lowest BCUT2D eigenvalue weighted by molar-refractivity contribution is -0.175. The van der Waals surface area contributed by atoms with Gasteiger partial charge in [0.25, 0.3) is 10.0 Å². The predicted octanol–water partition coefficient (Wildman–Crippen LogP) is 4.24. The molecule has 16 heteroatoms. The molecule has 0 unspecified atom stereocenters. The van der Waals surface area contributed by atoms with Crippen LogP contribution in [0.25, 0.3) is 0 Å². The number of halogens is 4. The number of aryl methyl sites for hydroxylation is 1. The summed E-state index contributed by atoms with van der Waals surface area (Å²) in [6.45, 7) is 6.12. The van der Waals surface area contributed by atoms with Crippen LogP contribution in [0, 0.1) is 5.41 Å². The Morgan fingerprint density at radius 2 is 1.87 bits per heavy atom. The van der Waals surface area contributed by atoms with E-state index >= 15 is 0 Å². The third-order valence-electron chi connectivity index (χ3n) is 6.56. The minimum atomic E-state index is -4.96. The second kappa shape index (κ2) is 10.1. The fourth-order valence-corrected chi connectivity index (χ4v) is 6.02. The molecular weight excluding hydrogens is 567 g/mol. The number of primary amides is 1. The highest BCUT2D eigenvalue weighted by Gasteiger charge is 2.54. The Labute approximate surface area is 228 Å². The van der Waals surface area contributed by atoms with E-state index in [-0.39, 0.29) is 39.4 Å². The summed E-state index contributed by atoms with van der Waals surface area (Å²) in [7, 11) is -4.50. The number of nitrogens with two attached hydrogens (primary N) is 1. The first-order chi connectivity index (χ1) is 17.7. The minimum Gasteiger partial charge on any atom is -0.486 e. The first-order valence-corrected chi connectivity index (χ1v) is 13.5. The van der Waals surface area contributed by atoms with E-state index in [0.717, 1.165) is 16.4 Å². The van der Waals surface area contributed by atoms with Gasteiger partial charge >= 0.3 is 12.3 Å². The number of sulfonamides is 1. The second-order valence-corrected chi connectivity index (χ2v) is 12.4. The lowest BCUT2D eigenvalue weighted by atomic mass is 9.85. The third-order valence-corrected chi connectivity index (χ3v) is 8.73. The van der Waals surface area contributed by atoms with E-state index in [2.05, 4.69) is 5.10 Å². The maximum absolute atomic E-state index is 13.8. The summed E-state index contributed by atoms with van der Waals surface area (Å²) >= 11 is 6.13. The number of benzene rings is 1. The molecule has 2 amide bonds. The van der Waals surface area contributed by atoms with Crippen molar-refractivity contribution in [2.45, 2.75) is 70.3 Å². The van der Waals surface area contributed by atoms with Gasteiger partial charge in [-0.25, -0.2) is 13.2 Å². The number of hydrogen-bond acceptors (Lipinski definition) is 6. The molecule has 3 N–H and O–H groups in total. The van der Waals surface area contributed by atoms with Gasteiger partial charge in [0.1, 0.15) is 22.3 Å². The molecule has 0 saturated carbocycles. The van der Waals surface area contributed by atoms with Crippen molar-refractivity contribution in [3.05, 3.63) is 29.5 Å². The van der Waals surface area contributed by atoms with Crippen molar-refractivity contribution in [2.75, 3.05) is 15.7 Å². The fourth-order valence-electron chi connectivity index (χ4n) is 4.08. The number of alkyl halides is 3. The van der Waals surface area contributed by atoms with Gasteiger partial charge in [0.05, 0.1) is 17.9 Å². The number of carboxylic acid groups (broad SMARTS) is 1. The SMILES string of the molecule is CCn1cc(S(=O)(=O)N2C[C@@H](CC(C)(C)C(N)=O)Oc3ccc(N(C(=O)O)C(C)(C)C(F)(F)F)cc32)c(Cl)n1. The Morgan fingerprint density at radius 3 is 2.36 bits per heavy atom. The normalized spacial score (nSPS) is 16.4. The van der Waals surface area contributed by atoms with Crippen LogP contribution in [-0.4, -0.2) is 59.7 Å². The molecule has 0 radical (unpaired) electrons. The summed E-state index contributed by atoms with van der Waals surface area (Å²) in [5, 5.41) is 13.3. The number of carbonyl (C=O) groups excluding carboxylic acids is 1. The molecule has 0 fully saturated rings. The van der Waals surface area contributed by atoms with E-state index in [0.29, 0.717) is 20.4 Å². The summed E-state index contributed by atoms with van der Waals surface area (Å²) in [6, 6.07) is 3.24. The Hall–Kier alpha value is -3.20. The molecule has 0 saturated heterocycles. The van der Waals surface area contributed by atoms with Crippen LogP contribution in [0.4, 0.5) is 29.3 Å². The standard InChI is InChI=1S/C23H29ClF3N5O6S/c1-6-30-12-17(18(24)29-30)39(36,37)31-11-14(10-21(2,3)19(28)33)38-16-8-7-13(9-15(16)31)32(20(34)35)22(4,5)23(25,26)27/h7-9,12,14H,6,10-11H2,1-5H3,(H2,28,33)(H,34,35)/t14-/m1/s1. The zero-order valence-corrected chi connectivity index (χ0v) is 23.4. The molecule has 1 aromatic carbocycles. The van der Waals surface area contributed by atoms with Gasteiger partial charge in [0.2, 0.25) is 5.91 Å². The molecule has 0 bridgehead atoms. The number of fused-ring (bicyclic) bond motifs is 1. The van der Waals surface area contributed by atoms with Gasteiger partial charge in [-0.05, 0) is 45.4 Å². The van der Waals surface area contributed by atoms with Gasteiger partial charge in [0.15, 0.2) is 5.15 Å².